The van der Waals surface area contributed by atoms with Gasteiger partial charge in [-0.3, -0.25) is 9.69 Å². The van der Waals surface area contributed by atoms with Crippen LogP contribution >= 0.6 is 0 Å². The van der Waals surface area contributed by atoms with Gasteiger partial charge in [-0.2, -0.15) is 0 Å². The van der Waals surface area contributed by atoms with Crippen LogP contribution in [0.15, 0.2) is 0 Å². The second-order valence-corrected chi connectivity index (χ2v) is 2.53. The maximum Gasteiger partial charge on any atom is 0.150 e. The fraction of sp³-hybridized carbons (Fsp3) is 0.857. The zero-order chi connectivity index (χ0) is 8.15. The van der Waals surface area contributed by atoms with Crippen LogP contribution in [0.4, 0.5) is 0 Å². The molecule has 60 valence electrons. The Hall–Kier alpha value is -0.410. The summed E-state index contributed by atoms with van der Waals surface area (Å²) in [6.07, 6.45) is 0.569. The first kappa shape index (κ1) is 9.59. The first-order valence-corrected chi connectivity index (χ1v) is 3.52. The van der Waals surface area contributed by atoms with Crippen LogP contribution in [-0.4, -0.2) is 37.4 Å². The number of ketones is 1. The summed E-state index contributed by atoms with van der Waals surface area (Å²) in [5, 5.41) is 0. The monoisotopic (exact) mass is 144 g/mol. The van der Waals surface area contributed by atoms with Gasteiger partial charge in [0.05, 0.1) is 6.04 Å². The fourth-order valence-electron chi connectivity index (χ4n) is 0.866. The van der Waals surface area contributed by atoms with E-state index in [0.29, 0.717) is 13.0 Å². The van der Waals surface area contributed by atoms with Gasteiger partial charge >= 0.3 is 0 Å². The van der Waals surface area contributed by atoms with Gasteiger partial charge in [0.15, 0.2) is 5.78 Å². The van der Waals surface area contributed by atoms with E-state index in [9.17, 15) is 4.79 Å². The Kier molecular flexibility index (Phi) is 4.23. The summed E-state index contributed by atoms with van der Waals surface area (Å²) in [5.74, 6) is 0.215. The lowest BCUT2D eigenvalue weighted by molar-refractivity contribution is -0.122. The minimum absolute atomic E-state index is 0.0926. The summed E-state index contributed by atoms with van der Waals surface area (Å²) < 4.78 is 0. The number of hydrogen-bond acceptors (Lipinski definition) is 3. The normalized spacial score (nSPS) is 13.7. The van der Waals surface area contributed by atoms with E-state index in [2.05, 4.69) is 0 Å². The molecule has 0 aromatic rings. The molecule has 0 radical (unpaired) electrons. The molecule has 0 bridgehead atoms. The quantitative estimate of drug-likeness (QED) is 0.597. The van der Waals surface area contributed by atoms with Crippen molar-refractivity contribution < 1.29 is 4.79 Å². The van der Waals surface area contributed by atoms with Gasteiger partial charge in [-0.1, -0.05) is 6.92 Å². The molecular weight excluding hydrogens is 128 g/mol. The molecule has 1 unspecified atom stereocenters. The number of Topliss-reactive ketones (excluding diaryl/α,β-unsaturated/α-hetero) is 1. The van der Waals surface area contributed by atoms with Crippen molar-refractivity contribution in [2.75, 3.05) is 20.6 Å². The zero-order valence-electron chi connectivity index (χ0n) is 6.92. The van der Waals surface area contributed by atoms with E-state index >= 15 is 0 Å². The summed E-state index contributed by atoms with van der Waals surface area (Å²) in [5.41, 5.74) is 5.39. The van der Waals surface area contributed by atoms with Crippen molar-refractivity contribution in [1.29, 1.82) is 0 Å². The number of carbonyl (C=O) groups excluding carboxylic acids is 1. The van der Waals surface area contributed by atoms with Gasteiger partial charge in [0.1, 0.15) is 0 Å². The molecule has 10 heavy (non-hydrogen) atoms. The highest BCUT2D eigenvalue weighted by Crippen LogP contribution is 1.95. The highest BCUT2D eigenvalue weighted by molar-refractivity contribution is 5.83. The van der Waals surface area contributed by atoms with Crippen LogP contribution in [-0.2, 0) is 4.79 Å². The van der Waals surface area contributed by atoms with Gasteiger partial charge < -0.3 is 5.73 Å². The highest BCUT2D eigenvalue weighted by Gasteiger charge is 2.15. The van der Waals surface area contributed by atoms with Crippen molar-refractivity contribution in [3.05, 3.63) is 0 Å². The SMILES string of the molecule is CCC(=O)C(CN)N(C)C. The van der Waals surface area contributed by atoms with E-state index < -0.39 is 0 Å². The van der Waals surface area contributed by atoms with E-state index in [1.165, 1.54) is 0 Å². The van der Waals surface area contributed by atoms with Crippen molar-refractivity contribution in [3.63, 3.8) is 0 Å². The van der Waals surface area contributed by atoms with Crippen LogP contribution < -0.4 is 5.73 Å². The lowest BCUT2D eigenvalue weighted by Crippen LogP contribution is -2.41. The van der Waals surface area contributed by atoms with Crippen molar-refractivity contribution in [3.8, 4) is 0 Å². The average molecular weight is 144 g/mol. The van der Waals surface area contributed by atoms with Gasteiger partial charge in [0.2, 0.25) is 0 Å². The van der Waals surface area contributed by atoms with Crippen molar-refractivity contribution in [2.45, 2.75) is 19.4 Å². The van der Waals surface area contributed by atoms with E-state index in [4.69, 9.17) is 5.73 Å². The van der Waals surface area contributed by atoms with Gasteiger partial charge in [-0.15, -0.1) is 0 Å². The molecule has 0 fully saturated rings. The third-order valence-corrected chi connectivity index (χ3v) is 1.57. The molecule has 0 amide bonds. The molecule has 0 rings (SSSR count). The van der Waals surface area contributed by atoms with E-state index in [0.717, 1.165) is 0 Å². The Morgan fingerprint density at radius 1 is 1.60 bits per heavy atom. The summed E-state index contributed by atoms with van der Waals surface area (Å²) in [6.45, 7) is 2.27. The zero-order valence-corrected chi connectivity index (χ0v) is 6.92. The standard InChI is InChI=1S/C7H16N2O/c1-4-7(10)6(5-8)9(2)3/h6H,4-5,8H2,1-3H3. The molecule has 3 nitrogen and oxygen atoms in total. The minimum Gasteiger partial charge on any atom is -0.328 e. The number of nitrogens with zero attached hydrogens (tertiary/aromatic N) is 1. The fourth-order valence-corrected chi connectivity index (χ4v) is 0.866. The lowest BCUT2D eigenvalue weighted by Gasteiger charge is -2.20. The molecule has 0 aromatic heterocycles. The van der Waals surface area contributed by atoms with Crippen LogP contribution in [0.5, 0.6) is 0 Å². The Labute approximate surface area is 62.2 Å². The Morgan fingerprint density at radius 3 is 2.20 bits per heavy atom. The van der Waals surface area contributed by atoms with Gasteiger partial charge in [0, 0.05) is 13.0 Å². The van der Waals surface area contributed by atoms with Crippen molar-refractivity contribution >= 4 is 5.78 Å². The number of hydrogen-bond donors (Lipinski definition) is 1. The first-order chi connectivity index (χ1) is 4.63. The molecule has 3 heteroatoms. The summed E-state index contributed by atoms with van der Waals surface area (Å²) >= 11 is 0. The molecule has 0 heterocycles. The summed E-state index contributed by atoms with van der Waals surface area (Å²) in [6, 6.07) is -0.0926. The third-order valence-electron chi connectivity index (χ3n) is 1.57. The predicted octanol–water partition coefficient (Wildman–Crippen LogP) is -0.146. The minimum atomic E-state index is -0.0926. The number of carbonyl (C=O) groups is 1. The van der Waals surface area contributed by atoms with Crippen LogP contribution in [0.25, 0.3) is 0 Å². The second kappa shape index (κ2) is 4.41. The molecule has 0 aromatic carbocycles. The topological polar surface area (TPSA) is 46.3 Å². The highest BCUT2D eigenvalue weighted by atomic mass is 16.1. The Morgan fingerprint density at radius 2 is 2.10 bits per heavy atom. The third kappa shape index (κ3) is 2.45. The maximum atomic E-state index is 11.1. The molecule has 1 atom stereocenters. The smallest absolute Gasteiger partial charge is 0.150 e. The van der Waals surface area contributed by atoms with Crippen molar-refractivity contribution in [2.24, 2.45) is 5.73 Å². The van der Waals surface area contributed by atoms with Gasteiger partial charge in [0.25, 0.3) is 0 Å². The first-order valence-electron chi connectivity index (χ1n) is 3.52. The Bertz CT molecular complexity index is 112. The molecule has 0 saturated carbocycles. The second-order valence-electron chi connectivity index (χ2n) is 2.53. The maximum absolute atomic E-state index is 11.1. The molecular formula is C7H16N2O. The van der Waals surface area contributed by atoms with Gasteiger partial charge in [-0.25, -0.2) is 0 Å². The van der Waals surface area contributed by atoms with E-state index in [-0.39, 0.29) is 11.8 Å². The van der Waals surface area contributed by atoms with Crippen LogP contribution in [0.2, 0.25) is 0 Å². The van der Waals surface area contributed by atoms with E-state index in [1.807, 2.05) is 25.9 Å². The number of likely N-dealkylation sites (N-methyl/N-ethyl adjacent to an activating group) is 1. The largest absolute Gasteiger partial charge is 0.328 e. The van der Waals surface area contributed by atoms with Crippen LogP contribution in [0.1, 0.15) is 13.3 Å². The molecule has 2 N–H and O–H groups in total. The average Bonchev–Trinajstić information content (AvgIpc) is 1.88. The van der Waals surface area contributed by atoms with Gasteiger partial charge in [-0.05, 0) is 14.1 Å². The lowest BCUT2D eigenvalue weighted by atomic mass is 10.1. The summed E-state index contributed by atoms with van der Waals surface area (Å²) in [4.78, 5) is 12.9. The van der Waals surface area contributed by atoms with E-state index in [1.54, 1.807) is 0 Å². The van der Waals surface area contributed by atoms with Crippen molar-refractivity contribution in [1.82, 2.24) is 4.90 Å². The molecule has 0 spiro atoms. The predicted molar refractivity (Wildman–Crippen MR) is 41.8 cm³/mol. The van der Waals surface area contributed by atoms with Crippen LogP contribution in [0, 0.1) is 0 Å². The molecule has 0 aliphatic rings. The number of rotatable bonds is 4. The number of nitrogens with two attached hydrogens (primary N) is 1. The molecule has 0 saturated heterocycles. The Balaban J connectivity index is 3.93. The summed E-state index contributed by atoms with van der Waals surface area (Å²) in [7, 11) is 3.73. The molecule has 0 aliphatic heterocycles. The van der Waals surface area contributed by atoms with Crippen LogP contribution in [0.3, 0.4) is 0 Å². The molecule has 0 aliphatic carbocycles.